The summed E-state index contributed by atoms with van der Waals surface area (Å²) in [6, 6.07) is 2.16. The quantitative estimate of drug-likeness (QED) is 0.709. The van der Waals surface area contributed by atoms with Crippen LogP contribution in [0, 0.1) is 5.92 Å². The van der Waals surface area contributed by atoms with Gasteiger partial charge < -0.3 is 19.8 Å². The summed E-state index contributed by atoms with van der Waals surface area (Å²) in [6.07, 6.45) is 4.39. The summed E-state index contributed by atoms with van der Waals surface area (Å²) in [4.78, 5) is 40.5. The predicted molar refractivity (Wildman–Crippen MR) is 114 cm³/mol. The number of hydrogen-bond donors (Lipinski definition) is 2. The molecule has 8 heteroatoms. The zero-order valence-corrected chi connectivity index (χ0v) is 17.8. The van der Waals surface area contributed by atoms with Crippen LogP contribution in [0.1, 0.15) is 47.1 Å². The summed E-state index contributed by atoms with van der Waals surface area (Å²) >= 11 is 0. The van der Waals surface area contributed by atoms with Crippen molar-refractivity contribution in [3.8, 4) is 0 Å². The van der Waals surface area contributed by atoms with Crippen LogP contribution < -0.4 is 5.69 Å². The van der Waals surface area contributed by atoms with Crippen LogP contribution in [0.2, 0.25) is 0 Å². The second-order valence-electron chi connectivity index (χ2n) is 8.72. The Kier molecular flexibility index (Phi) is 4.88. The molecule has 2 amide bonds. The van der Waals surface area contributed by atoms with Gasteiger partial charge in [-0.1, -0.05) is 6.92 Å². The van der Waals surface area contributed by atoms with E-state index in [2.05, 4.69) is 21.9 Å². The molecule has 0 aliphatic carbocycles. The first-order chi connectivity index (χ1) is 13.8. The van der Waals surface area contributed by atoms with E-state index in [9.17, 15) is 9.59 Å². The lowest BCUT2D eigenvalue weighted by Gasteiger charge is -2.42. The standard InChI is InChI=1S/C21H30N6O2/c1-12(2)26(13(3)4)21(29)25-9-7-14(5)17(11-25)27-18-15-6-8-22-19(15)23-10-16(18)24-20(27)28/h6,8,10,12-14,17H,7,9,11H2,1-5H3,(H,22,23)(H,24,28). The van der Waals surface area contributed by atoms with Gasteiger partial charge in [0.1, 0.15) is 5.65 Å². The fourth-order valence-corrected chi connectivity index (χ4v) is 4.70. The van der Waals surface area contributed by atoms with Crippen molar-refractivity contribution >= 4 is 28.1 Å². The van der Waals surface area contributed by atoms with Gasteiger partial charge in [0, 0.05) is 36.8 Å². The number of fused-ring (bicyclic) bond motifs is 3. The molecule has 0 saturated carbocycles. The second kappa shape index (κ2) is 7.24. The fraction of sp³-hybridized carbons (Fsp3) is 0.571. The Labute approximate surface area is 169 Å². The molecule has 29 heavy (non-hydrogen) atoms. The van der Waals surface area contributed by atoms with Crippen LogP contribution >= 0.6 is 0 Å². The van der Waals surface area contributed by atoms with Gasteiger partial charge in [0.25, 0.3) is 0 Å². The zero-order chi connectivity index (χ0) is 20.9. The minimum Gasteiger partial charge on any atom is -0.346 e. The number of pyridine rings is 1. The van der Waals surface area contributed by atoms with Crippen LogP contribution in [-0.4, -0.2) is 60.5 Å². The molecule has 2 N–H and O–H groups in total. The van der Waals surface area contributed by atoms with Crippen LogP contribution in [-0.2, 0) is 0 Å². The monoisotopic (exact) mass is 398 g/mol. The highest BCUT2D eigenvalue weighted by Crippen LogP contribution is 2.32. The van der Waals surface area contributed by atoms with E-state index in [4.69, 9.17) is 0 Å². The van der Waals surface area contributed by atoms with Gasteiger partial charge in [-0.15, -0.1) is 0 Å². The molecule has 4 rings (SSSR count). The van der Waals surface area contributed by atoms with Crippen molar-refractivity contribution in [3.63, 3.8) is 0 Å². The first-order valence-corrected chi connectivity index (χ1v) is 10.4. The number of hydrogen-bond acceptors (Lipinski definition) is 3. The molecule has 8 nitrogen and oxygen atoms in total. The summed E-state index contributed by atoms with van der Waals surface area (Å²) in [7, 11) is 0. The molecule has 0 aromatic carbocycles. The molecule has 1 saturated heterocycles. The number of amides is 2. The molecule has 0 radical (unpaired) electrons. The molecule has 4 heterocycles. The second-order valence-corrected chi connectivity index (χ2v) is 8.72. The third-order valence-electron chi connectivity index (χ3n) is 6.11. The highest BCUT2D eigenvalue weighted by Gasteiger charge is 2.35. The Bertz CT molecular complexity index is 1080. The molecular formula is C21H30N6O2. The van der Waals surface area contributed by atoms with Crippen molar-refractivity contribution < 1.29 is 4.79 Å². The predicted octanol–water partition coefficient (Wildman–Crippen LogP) is 3.33. The van der Waals surface area contributed by atoms with Crippen LogP contribution in [0.25, 0.3) is 22.1 Å². The van der Waals surface area contributed by atoms with E-state index in [-0.39, 0.29) is 35.8 Å². The summed E-state index contributed by atoms with van der Waals surface area (Å²) in [5.74, 6) is 0.282. The van der Waals surface area contributed by atoms with E-state index in [0.29, 0.717) is 13.1 Å². The fourth-order valence-electron chi connectivity index (χ4n) is 4.70. The van der Waals surface area contributed by atoms with Gasteiger partial charge in [0.15, 0.2) is 0 Å². The number of nitrogens with zero attached hydrogens (tertiary/aromatic N) is 4. The number of aromatic amines is 2. The summed E-state index contributed by atoms with van der Waals surface area (Å²) in [5, 5.41) is 0.919. The molecule has 3 aromatic heterocycles. The normalized spacial score (nSPS) is 20.3. The molecule has 3 aromatic rings. The third kappa shape index (κ3) is 3.20. The van der Waals surface area contributed by atoms with Crippen LogP contribution in [0.3, 0.4) is 0 Å². The van der Waals surface area contributed by atoms with Gasteiger partial charge in [-0.05, 0) is 46.1 Å². The molecule has 1 aliphatic heterocycles. The summed E-state index contributed by atoms with van der Waals surface area (Å²) < 4.78 is 1.84. The number of nitrogens with one attached hydrogen (secondary N) is 2. The maximum Gasteiger partial charge on any atom is 0.326 e. The minimum atomic E-state index is -0.147. The van der Waals surface area contributed by atoms with Gasteiger partial charge in [0.05, 0.1) is 23.3 Å². The summed E-state index contributed by atoms with van der Waals surface area (Å²) in [6.45, 7) is 11.6. The van der Waals surface area contributed by atoms with Gasteiger partial charge in [-0.2, -0.15) is 0 Å². The average molecular weight is 399 g/mol. The Hall–Kier alpha value is -2.77. The minimum absolute atomic E-state index is 0.0493. The van der Waals surface area contributed by atoms with Gasteiger partial charge >= 0.3 is 11.7 Å². The van der Waals surface area contributed by atoms with Crippen molar-refractivity contribution in [2.75, 3.05) is 13.1 Å². The smallest absolute Gasteiger partial charge is 0.326 e. The lowest BCUT2D eigenvalue weighted by molar-refractivity contribution is 0.0927. The number of aromatic nitrogens is 4. The number of urea groups is 1. The maximum absolute atomic E-state index is 13.3. The lowest BCUT2D eigenvalue weighted by Crippen LogP contribution is -2.54. The Morgan fingerprint density at radius 2 is 2.00 bits per heavy atom. The molecule has 0 spiro atoms. The van der Waals surface area contributed by atoms with Gasteiger partial charge in [0.2, 0.25) is 0 Å². The van der Waals surface area contributed by atoms with E-state index in [0.717, 1.165) is 28.5 Å². The molecule has 156 valence electrons. The average Bonchev–Trinajstić information content (AvgIpc) is 3.24. The summed E-state index contributed by atoms with van der Waals surface area (Å²) in [5.41, 5.74) is 2.19. The first-order valence-electron chi connectivity index (χ1n) is 10.4. The van der Waals surface area contributed by atoms with E-state index >= 15 is 0 Å². The highest BCUT2D eigenvalue weighted by atomic mass is 16.2. The Morgan fingerprint density at radius 1 is 1.28 bits per heavy atom. The number of H-pyrrole nitrogens is 2. The number of carbonyl (C=O) groups excluding carboxylic acids is 1. The van der Waals surface area contributed by atoms with Crippen molar-refractivity contribution in [2.24, 2.45) is 5.92 Å². The topological polar surface area (TPSA) is 90.0 Å². The van der Waals surface area contributed by atoms with Crippen molar-refractivity contribution in [1.29, 1.82) is 0 Å². The van der Waals surface area contributed by atoms with Crippen LogP contribution in [0.5, 0.6) is 0 Å². The number of rotatable bonds is 3. The van der Waals surface area contributed by atoms with E-state index in [1.165, 1.54) is 0 Å². The lowest BCUT2D eigenvalue weighted by atomic mass is 9.93. The molecule has 2 atom stereocenters. The number of likely N-dealkylation sites (tertiary alicyclic amines) is 1. The van der Waals surface area contributed by atoms with E-state index in [1.54, 1.807) is 6.20 Å². The van der Waals surface area contributed by atoms with E-state index < -0.39 is 0 Å². The van der Waals surface area contributed by atoms with Crippen molar-refractivity contribution in [3.05, 3.63) is 28.9 Å². The molecule has 2 unspecified atom stereocenters. The molecule has 1 aliphatic rings. The Morgan fingerprint density at radius 3 is 2.69 bits per heavy atom. The molecule has 1 fully saturated rings. The van der Waals surface area contributed by atoms with Crippen molar-refractivity contribution in [2.45, 2.75) is 59.2 Å². The Balaban J connectivity index is 1.75. The van der Waals surface area contributed by atoms with Gasteiger partial charge in [-0.25, -0.2) is 14.6 Å². The first kappa shape index (κ1) is 19.5. The number of piperidine rings is 1. The highest BCUT2D eigenvalue weighted by molar-refractivity contribution is 6.01. The van der Waals surface area contributed by atoms with Crippen LogP contribution in [0.15, 0.2) is 23.3 Å². The zero-order valence-electron chi connectivity index (χ0n) is 17.8. The largest absolute Gasteiger partial charge is 0.346 e. The molecule has 0 bridgehead atoms. The van der Waals surface area contributed by atoms with E-state index in [1.807, 2.05) is 54.3 Å². The third-order valence-corrected chi connectivity index (χ3v) is 6.11. The maximum atomic E-state index is 13.3. The SMILES string of the molecule is CC1CCN(C(=O)N(C(C)C)C(C)C)CC1n1c(=O)[nH]c2cnc3[nH]ccc3c21. The number of carbonyl (C=O) groups is 1. The number of imidazole rings is 1. The molecular weight excluding hydrogens is 368 g/mol. The van der Waals surface area contributed by atoms with Gasteiger partial charge in [-0.3, -0.25) is 4.57 Å². The van der Waals surface area contributed by atoms with Crippen LogP contribution in [0.4, 0.5) is 4.79 Å². The van der Waals surface area contributed by atoms with Crippen molar-refractivity contribution in [1.82, 2.24) is 29.3 Å².